The third kappa shape index (κ3) is 5.13. The summed E-state index contributed by atoms with van der Waals surface area (Å²) in [5.74, 6) is -1.74. The van der Waals surface area contributed by atoms with Crippen LogP contribution in [0.3, 0.4) is 0 Å². The second-order valence-corrected chi connectivity index (χ2v) is 9.34. The van der Waals surface area contributed by atoms with Crippen molar-refractivity contribution in [3.8, 4) is 16.9 Å². The number of carbonyl (C=O) groups excluding carboxylic acids is 1. The molecule has 0 saturated heterocycles. The highest BCUT2D eigenvalue weighted by atomic mass is 35.5. The van der Waals surface area contributed by atoms with E-state index in [9.17, 15) is 27.9 Å². The van der Waals surface area contributed by atoms with Gasteiger partial charge in [0.2, 0.25) is 5.91 Å². The van der Waals surface area contributed by atoms with Crippen molar-refractivity contribution in [2.24, 2.45) is 5.73 Å². The van der Waals surface area contributed by atoms with Gasteiger partial charge < -0.3 is 20.1 Å². The number of primary amides is 1. The molecule has 0 aliphatic heterocycles. The van der Waals surface area contributed by atoms with Crippen LogP contribution >= 0.6 is 11.6 Å². The van der Waals surface area contributed by atoms with Crippen LogP contribution in [0.15, 0.2) is 78.9 Å². The Kier molecular flexibility index (Phi) is 6.69. The number of carboxylic acids is 1. The predicted octanol–water partition coefficient (Wildman–Crippen LogP) is 6.74. The van der Waals surface area contributed by atoms with Gasteiger partial charge in [0.05, 0.1) is 22.0 Å². The maximum atomic E-state index is 13.4. The molecule has 5 rings (SSSR count). The van der Waals surface area contributed by atoms with Gasteiger partial charge in [0.15, 0.2) is 6.61 Å². The molecule has 4 aromatic carbocycles. The van der Waals surface area contributed by atoms with Crippen LogP contribution in [-0.2, 0) is 17.5 Å². The number of rotatable bonds is 7. The van der Waals surface area contributed by atoms with Crippen LogP contribution in [0.2, 0.25) is 5.02 Å². The molecule has 0 radical (unpaired) electrons. The first-order chi connectivity index (χ1) is 18.5. The Labute approximate surface area is 225 Å². The van der Waals surface area contributed by atoms with Crippen LogP contribution in [0.5, 0.6) is 5.75 Å². The lowest BCUT2D eigenvalue weighted by molar-refractivity contribution is -0.139. The molecule has 1 aromatic heterocycles. The number of alkyl halides is 3. The summed E-state index contributed by atoms with van der Waals surface area (Å²) in [6, 6.07) is 20.3. The maximum absolute atomic E-state index is 13.4. The summed E-state index contributed by atoms with van der Waals surface area (Å²) in [6.07, 6.45) is -4.52. The normalized spacial score (nSPS) is 11.7. The smallest absolute Gasteiger partial charge is 0.416 e. The van der Waals surface area contributed by atoms with Gasteiger partial charge in [-0.05, 0) is 65.2 Å². The first kappa shape index (κ1) is 26.1. The summed E-state index contributed by atoms with van der Waals surface area (Å²) in [5.41, 5.74) is 7.87. The monoisotopic (exact) mass is 552 g/mol. The quantitative estimate of drug-likeness (QED) is 0.234. The van der Waals surface area contributed by atoms with Gasteiger partial charge >= 0.3 is 12.1 Å². The van der Waals surface area contributed by atoms with Gasteiger partial charge in [0.1, 0.15) is 5.75 Å². The predicted molar refractivity (Wildman–Crippen MR) is 142 cm³/mol. The van der Waals surface area contributed by atoms with E-state index in [1.54, 1.807) is 53.1 Å². The van der Waals surface area contributed by atoms with Crippen molar-refractivity contribution in [1.82, 2.24) is 4.57 Å². The largest absolute Gasteiger partial charge is 0.481 e. The van der Waals surface area contributed by atoms with Crippen molar-refractivity contribution in [3.05, 3.63) is 101 Å². The second kappa shape index (κ2) is 9.99. The van der Waals surface area contributed by atoms with E-state index in [2.05, 4.69) is 0 Å². The molecule has 3 N–H and O–H groups in total. The van der Waals surface area contributed by atoms with Gasteiger partial charge in [0, 0.05) is 22.5 Å². The van der Waals surface area contributed by atoms with E-state index in [0.717, 1.165) is 17.7 Å². The van der Waals surface area contributed by atoms with Crippen LogP contribution in [0.4, 0.5) is 13.2 Å². The average molecular weight is 553 g/mol. The fourth-order valence-electron chi connectivity index (χ4n) is 4.69. The molecule has 1 amide bonds. The zero-order valence-electron chi connectivity index (χ0n) is 20.1. The molecule has 0 spiro atoms. The number of fused-ring (bicyclic) bond motifs is 3. The number of nitrogens with zero attached hydrogens (tertiary/aromatic N) is 1. The minimum absolute atomic E-state index is 0.0224. The molecule has 6 nitrogen and oxygen atoms in total. The molecule has 198 valence electrons. The molecular formula is C29H20ClF3N2O4. The minimum Gasteiger partial charge on any atom is -0.481 e. The molecule has 0 bridgehead atoms. The van der Waals surface area contributed by atoms with Crippen LogP contribution in [-0.4, -0.2) is 28.2 Å². The number of nitrogens with two attached hydrogens (primary N) is 1. The number of benzene rings is 4. The highest BCUT2D eigenvalue weighted by Gasteiger charge is 2.30. The van der Waals surface area contributed by atoms with Crippen LogP contribution < -0.4 is 10.5 Å². The molecule has 5 aromatic rings. The van der Waals surface area contributed by atoms with Crippen molar-refractivity contribution in [3.63, 3.8) is 0 Å². The number of ether oxygens (including phenoxy) is 1. The number of carbonyl (C=O) groups is 2. The zero-order chi connectivity index (χ0) is 27.9. The number of amides is 1. The summed E-state index contributed by atoms with van der Waals surface area (Å²) >= 11 is 6.05. The Hall–Kier alpha value is -4.50. The number of carboxylic acid groups (broad SMARTS) is 1. The molecule has 10 heteroatoms. The maximum Gasteiger partial charge on any atom is 0.416 e. The molecule has 0 aliphatic rings. The second-order valence-electron chi connectivity index (χ2n) is 8.91. The fraction of sp³-hybridized carbons (Fsp3) is 0.103. The van der Waals surface area contributed by atoms with Gasteiger partial charge in [0.25, 0.3) is 0 Å². The SMILES string of the molecule is NC(=O)c1cccc2c1c1c(OCC(=O)O)cc(-c3ccc(Cl)cc3)cc1n2Cc1cccc(C(F)(F)F)c1. The molecule has 1 heterocycles. The average Bonchev–Trinajstić information content (AvgIpc) is 3.20. The lowest BCUT2D eigenvalue weighted by Gasteiger charge is -2.13. The summed E-state index contributed by atoms with van der Waals surface area (Å²) in [6.45, 7) is -0.632. The summed E-state index contributed by atoms with van der Waals surface area (Å²) in [7, 11) is 0. The van der Waals surface area contributed by atoms with Gasteiger partial charge in [-0.15, -0.1) is 0 Å². The van der Waals surface area contributed by atoms with Crippen molar-refractivity contribution in [1.29, 1.82) is 0 Å². The number of hydrogen-bond acceptors (Lipinski definition) is 3. The Morgan fingerprint density at radius 1 is 0.897 bits per heavy atom. The van der Waals surface area contributed by atoms with E-state index in [1.807, 2.05) is 6.07 Å². The van der Waals surface area contributed by atoms with Crippen molar-refractivity contribution in [2.45, 2.75) is 12.7 Å². The minimum atomic E-state index is -4.52. The number of aliphatic carboxylic acids is 1. The van der Waals surface area contributed by atoms with Gasteiger partial charge in [-0.3, -0.25) is 4.79 Å². The topological polar surface area (TPSA) is 94.6 Å². The van der Waals surface area contributed by atoms with Gasteiger partial charge in [-0.1, -0.05) is 41.9 Å². The summed E-state index contributed by atoms with van der Waals surface area (Å²) in [5, 5.41) is 10.7. The van der Waals surface area contributed by atoms with E-state index in [1.165, 1.54) is 12.1 Å². The van der Waals surface area contributed by atoms with E-state index in [4.69, 9.17) is 22.1 Å². The molecule has 39 heavy (non-hydrogen) atoms. The van der Waals surface area contributed by atoms with E-state index in [0.29, 0.717) is 38.0 Å². The molecule has 0 fully saturated rings. The number of aromatic nitrogens is 1. The van der Waals surface area contributed by atoms with Crippen molar-refractivity contribution in [2.75, 3.05) is 6.61 Å². The Morgan fingerprint density at radius 3 is 2.28 bits per heavy atom. The fourth-order valence-corrected chi connectivity index (χ4v) is 4.82. The molecule has 0 atom stereocenters. The van der Waals surface area contributed by atoms with E-state index < -0.39 is 30.2 Å². The first-order valence-electron chi connectivity index (χ1n) is 11.7. The summed E-state index contributed by atoms with van der Waals surface area (Å²) in [4.78, 5) is 23.8. The molecule has 0 saturated carbocycles. The molecule has 0 unspecified atom stereocenters. The Balaban J connectivity index is 1.83. The third-order valence-electron chi connectivity index (χ3n) is 6.34. The number of hydrogen-bond donors (Lipinski definition) is 2. The first-order valence-corrected chi connectivity index (χ1v) is 12.1. The van der Waals surface area contributed by atoms with Gasteiger partial charge in [-0.25, -0.2) is 4.79 Å². The third-order valence-corrected chi connectivity index (χ3v) is 6.60. The van der Waals surface area contributed by atoms with Crippen LogP contribution in [0, 0.1) is 0 Å². The molecule has 0 aliphatic carbocycles. The lowest BCUT2D eigenvalue weighted by atomic mass is 10.0. The number of halogens is 4. The zero-order valence-corrected chi connectivity index (χ0v) is 20.9. The van der Waals surface area contributed by atoms with Gasteiger partial charge in [-0.2, -0.15) is 13.2 Å². The van der Waals surface area contributed by atoms with Crippen molar-refractivity contribution < 1.29 is 32.6 Å². The highest BCUT2D eigenvalue weighted by molar-refractivity contribution is 6.30. The highest BCUT2D eigenvalue weighted by Crippen LogP contribution is 2.41. The molecular weight excluding hydrogens is 533 g/mol. The van der Waals surface area contributed by atoms with Crippen LogP contribution in [0.1, 0.15) is 21.5 Å². The van der Waals surface area contributed by atoms with E-state index >= 15 is 0 Å². The Bertz CT molecular complexity index is 1740. The van der Waals surface area contributed by atoms with E-state index in [-0.39, 0.29) is 17.9 Å². The standard InChI is InChI=1S/C29H20ClF3N2O4/c30-20-9-7-17(8-10-20)18-12-23-27(24(13-18)39-15-25(36)37)26-21(28(34)38)5-2-6-22(26)35(23)14-16-3-1-4-19(11-16)29(31,32)33/h1-13H,14-15H2,(H2,34,38)(H,36,37). The van der Waals surface area contributed by atoms with Crippen molar-refractivity contribution >= 4 is 45.3 Å². The summed E-state index contributed by atoms with van der Waals surface area (Å²) < 4.78 is 47.8. The lowest BCUT2D eigenvalue weighted by Crippen LogP contribution is -2.11. The Morgan fingerprint density at radius 2 is 1.62 bits per heavy atom. The van der Waals surface area contributed by atoms with Crippen LogP contribution in [0.25, 0.3) is 32.9 Å².